The highest BCUT2D eigenvalue weighted by molar-refractivity contribution is 6.61. The van der Waals surface area contributed by atoms with E-state index in [0.717, 1.165) is 116 Å². The normalized spacial score (nSPS) is 17.2. The van der Waals surface area contributed by atoms with Gasteiger partial charge in [-0.25, -0.2) is 0 Å². The molecule has 0 aromatic heterocycles. The van der Waals surface area contributed by atoms with Crippen LogP contribution in [0.25, 0.3) is 0 Å². The zero-order valence-electron chi connectivity index (χ0n) is 33.5. The highest BCUT2D eigenvalue weighted by atomic mass is 16.5. The predicted octanol–water partition coefficient (Wildman–Crippen LogP) is 4.43. The summed E-state index contributed by atoms with van der Waals surface area (Å²) in [5.41, 5.74) is 0.722. The molecule has 0 saturated heterocycles. The van der Waals surface area contributed by atoms with E-state index >= 15 is 0 Å². The lowest BCUT2D eigenvalue weighted by Gasteiger charge is -2.16. The zero-order valence-corrected chi connectivity index (χ0v) is 33.5. The molecule has 0 atom stereocenters. The maximum absolute atomic E-state index is 10.1. The molecule has 3 aromatic rings. The van der Waals surface area contributed by atoms with Gasteiger partial charge in [-0.3, -0.25) is 0 Å². The van der Waals surface area contributed by atoms with Crippen molar-refractivity contribution in [2.75, 3.05) is 39.6 Å². The van der Waals surface area contributed by atoms with Gasteiger partial charge in [-0.05, 0) is 74.9 Å². The highest BCUT2D eigenvalue weighted by Crippen LogP contribution is 2.22. The van der Waals surface area contributed by atoms with Gasteiger partial charge in [0.1, 0.15) is 34.5 Å². The largest absolute Gasteiger partial charge is 0.496 e. The molecule has 4 rings (SSSR count). The number of hydrogen-bond acceptors (Lipinski definition) is 12. The van der Waals surface area contributed by atoms with Gasteiger partial charge in [-0.1, -0.05) is 95.2 Å². The molecule has 0 aliphatic carbocycles. The molecular formula is C42H63B3O12. The van der Waals surface area contributed by atoms with Crippen LogP contribution in [0, 0.1) is 0 Å². The second kappa shape index (κ2) is 27.2. The summed E-state index contributed by atoms with van der Waals surface area (Å²) in [6.45, 7) is 2.71. The smallest absolute Gasteiger partial charge is 0.494 e. The van der Waals surface area contributed by atoms with Gasteiger partial charge < -0.3 is 58.6 Å². The van der Waals surface area contributed by atoms with Crippen LogP contribution >= 0.6 is 0 Å². The van der Waals surface area contributed by atoms with Gasteiger partial charge in [0.25, 0.3) is 0 Å². The molecule has 312 valence electrons. The third kappa shape index (κ3) is 16.7. The number of ether oxygens (including phenoxy) is 6. The first kappa shape index (κ1) is 46.1. The Bertz CT molecular complexity index is 1270. The Morgan fingerprint density at radius 1 is 0.263 bits per heavy atom. The first-order valence-electron chi connectivity index (χ1n) is 21.1. The highest BCUT2D eigenvalue weighted by Gasteiger charge is 2.25. The van der Waals surface area contributed by atoms with Crippen LogP contribution in [0.4, 0.5) is 0 Å². The maximum atomic E-state index is 10.1. The molecule has 12 nitrogen and oxygen atoms in total. The van der Waals surface area contributed by atoms with Crippen molar-refractivity contribution in [3.05, 3.63) is 54.6 Å². The van der Waals surface area contributed by atoms with Crippen molar-refractivity contribution in [2.45, 2.75) is 116 Å². The average molecular weight is 792 g/mol. The van der Waals surface area contributed by atoms with E-state index in [9.17, 15) is 30.1 Å². The molecule has 6 N–H and O–H groups in total. The van der Waals surface area contributed by atoms with E-state index in [-0.39, 0.29) is 16.4 Å². The molecule has 0 unspecified atom stereocenters. The molecule has 0 spiro atoms. The summed E-state index contributed by atoms with van der Waals surface area (Å²) >= 11 is 0. The van der Waals surface area contributed by atoms with Crippen LogP contribution in [0.1, 0.15) is 116 Å². The summed E-state index contributed by atoms with van der Waals surface area (Å²) in [7, 11) is -5.16. The molecule has 0 fully saturated rings. The van der Waals surface area contributed by atoms with E-state index in [2.05, 4.69) is 0 Å². The van der Waals surface area contributed by atoms with Crippen LogP contribution in [-0.4, -0.2) is 91.1 Å². The summed E-state index contributed by atoms with van der Waals surface area (Å²) in [4.78, 5) is 0. The van der Waals surface area contributed by atoms with Crippen molar-refractivity contribution in [3.63, 3.8) is 0 Å². The quantitative estimate of drug-likeness (QED) is 0.206. The van der Waals surface area contributed by atoms with E-state index < -0.39 is 21.4 Å². The van der Waals surface area contributed by atoms with Crippen molar-refractivity contribution >= 4 is 37.7 Å². The number of hydrogen-bond donors (Lipinski definition) is 6. The topological polar surface area (TPSA) is 177 Å². The molecule has 57 heavy (non-hydrogen) atoms. The summed E-state index contributed by atoms with van der Waals surface area (Å²) in [5, 5.41) is 60.8. The number of fused-ring (bicyclic) bond motifs is 6. The SMILES string of the molecule is OB(O)c1c2cccc1OCCCCCCCCOc1cccc(c1B(O)O)OCCCCCCCCOc1cccc(c1B(O)O)OCCCCCCCCO2. The molecule has 1 aliphatic rings. The summed E-state index contributed by atoms with van der Waals surface area (Å²) in [6.07, 6.45) is 17.0. The third-order valence-corrected chi connectivity index (χ3v) is 10.0. The first-order valence-corrected chi connectivity index (χ1v) is 21.1. The Morgan fingerprint density at radius 3 is 0.579 bits per heavy atom. The summed E-state index contributed by atoms with van der Waals surface area (Å²) < 4.78 is 35.8. The standard InChI is InChI=1S/C42H63B3O12/c46-43(47)40-34-22-19-24-36(40)54-30-15-9-3-4-11-17-32-56-38-26-21-27-39(42(38)45(50)51)57-33-18-12-6-5-10-16-31-55-37-25-20-23-35(41(37)44(48)49)53-29-14-8-2-1-7-13-28-52-34/h19-27,46-51H,1-18,28-33H2. The van der Waals surface area contributed by atoms with Crippen LogP contribution in [0.3, 0.4) is 0 Å². The lowest BCUT2D eigenvalue weighted by Crippen LogP contribution is -2.33. The molecule has 3 aromatic carbocycles. The van der Waals surface area contributed by atoms with Gasteiger partial charge in [0.05, 0.1) is 56.0 Å². The molecule has 1 aliphatic heterocycles. The Kier molecular flexibility index (Phi) is 22.0. The maximum Gasteiger partial charge on any atom is 0.496 e. The minimum atomic E-state index is -1.72. The average Bonchev–Trinajstić information content (AvgIpc) is 3.19. The fourth-order valence-electron chi connectivity index (χ4n) is 6.92. The second-order valence-electron chi connectivity index (χ2n) is 14.6. The molecule has 0 saturated carbocycles. The van der Waals surface area contributed by atoms with E-state index in [1.165, 1.54) is 0 Å². The summed E-state index contributed by atoms with van der Waals surface area (Å²) in [6, 6.07) is 15.8. The van der Waals surface area contributed by atoms with Crippen molar-refractivity contribution in [2.24, 2.45) is 0 Å². The van der Waals surface area contributed by atoms with Crippen LogP contribution in [0.5, 0.6) is 34.5 Å². The van der Waals surface area contributed by atoms with Crippen molar-refractivity contribution < 1.29 is 58.6 Å². The Morgan fingerprint density at radius 2 is 0.421 bits per heavy atom. The van der Waals surface area contributed by atoms with Gasteiger partial charge >= 0.3 is 21.4 Å². The van der Waals surface area contributed by atoms with Gasteiger partial charge in [0.15, 0.2) is 0 Å². The minimum absolute atomic E-state index is 0.241. The Balaban J connectivity index is 1.30. The monoisotopic (exact) mass is 792 g/mol. The van der Waals surface area contributed by atoms with Gasteiger partial charge in [-0.2, -0.15) is 0 Å². The zero-order chi connectivity index (χ0) is 40.5. The fraction of sp³-hybridized carbons (Fsp3) is 0.571. The number of benzene rings is 3. The van der Waals surface area contributed by atoms with Gasteiger partial charge in [0.2, 0.25) is 0 Å². The molecule has 0 radical (unpaired) electrons. The van der Waals surface area contributed by atoms with E-state index in [4.69, 9.17) is 28.4 Å². The molecule has 0 amide bonds. The Hall–Kier alpha value is -3.59. The fourth-order valence-corrected chi connectivity index (χ4v) is 6.92. The lowest BCUT2D eigenvalue weighted by atomic mass is 9.78. The first-order chi connectivity index (χ1) is 27.9. The molecule has 15 heteroatoms. The number of rotatable bonds is 3. The van der Waals surface area contributed by atoms with Crippen LogP contribution in [0.15, 0.2) is 54.6 Å². The summed E-state index contributed by atoms with van der Waals surface area (Å²) in [5.74, 6) is 2.46. The molecule has 6 bridgehead atoms. The third-order valence-electron chi connectivity index (χ3n) is 10.0. The molecular weight excluding hydrogens is 729 g/mol. The van der Waals surface area contributed by atoms with E-state index in [1.54, 1.807) is 54.6 Å². The Labute approximate surface area is 339 Å². The second-order valence-corrected chi connectivity index (χ2v) is 14.6. The van der Waals surface area contributed by atoms with Crippen molar-refractivity contribution in [3.8, 4) is 34.5 Å². The minimum Gasteiger partial charge on any atom is -0.494 e. The molecule has 1 heterocycles. The van der Waals surface area contributed by atoms with Gasteiger partial charge in [-0.15, -0.1) is 0 Å². The van der Waals surface area contributed by atoms with Crippen LogP contribution < -0.4 is 44.8 Å². The van der Waals surface area contributed by atoms with Crippen molar-refractivity contribution in [1.82, 2.24) is 0 Å². The van der Waals surface area contributed by atoms with Gasteiger partial charge in [0, 0.05) is 0 Å². The van der Waals surface area contributed by atoms with Crippen LogP contribution in [0.2, 0.25) is 0 Å². The van der Waals surface area contributed by atoms with E-state index in [0.29, 0.717) is 74.1 Å². The predicted molar refractivity (Wildman–Crippen MR) is 225 cm³/mol. The van der Waals surface area contributed by atoms with Crippen molar-refractivity contribution in [1.29, 1.82) is 0 Å². The van der Waals surface area contributed by atoms with Crippen LogP contribution in [-0.2, 0) is 0 Å². The lowest BCUT2D eigenvalue weighted by molar-refractivity contribution is 0.286. The van der Waals surface area contributed by atoms with E-state index in [1.807, 2.05) is 0 Å².